The van der Waals surface area contributed by atoms with Crippen LogP contribution in [0.5, 0.6) is 0 Å². The summed E-state index contributed by atoms with van der Waals surface area (Å²) in [5.74, 6) is 0.234. The zero-order chi connectivity index (χ0) is 22.2. The first-order chi connectivity index (χ1) is 15.0. The number of aliphatic hydroxyl groups excluding tert-OH is 1. The molecular formula is C20H28BrN5O4Sn. The number of nitriles is 1. The topological polar surface area (TPSA) is 128 Å². The van der Waals surface area contributed by atoms with Gasteiger partial charge in [0.2, 0.25) is 0 Å². The van der Waals surface area contributed by atoms with Crippen molar-refractivity contribution in [3.8, 4) is 6.07 Å². The quantitative estimate of drug-likeness (QED) is 0.442. The van der Waals surface area contributed by atoms with Crippen LogP contribution in [0.3, 0.4) is 0 Å². The van der Waals surface area contributed by atoms with Gasteiger partial charge in [-0.05, 0) is 0 Å². The van der Waals surface area contributed by atoms with E-state index in [0.717, 1.165) is 34.6 Å². The molecule has 0 unspecified atom stereocenters. The molecule has 0 aliphatic carbocycles. The Kier molecular flexibility index (Phi) is 7.10. The number of rotatable bonds is 8. The molecule has 2 aromatic rings. The fourth-order valence-electron chi connectivity index (χ4n) is 4.57. The van der Waals surface area contributed by atoms with Crippen LogP contribution in [-0.2, 0) is 10.9 Å². The first kappa shape index (κ1) is 23.2. The molecule has 11 heteroatoms. The SMILES string of the molecule is CCC[CH2][Sn]1([CH2]CCC)[O][C@@H]2[C@H]([O]1)[C@H](CO)O[C@@H]2n1c(Br)c(C#N)c2c(N)ncnc21. The molecule has 4 heterocycles. The van der Waals surface area contributed by atoms with Crippen LogP contribution in [0.15, 0.2) is 10.9 Å². The normalized spacial score (nSPS) is 26.9. The number of hydrogen-bond acceptors (Lipinski definition) is 8. The van der Waals surface area contributed by atoms with Crippen LogP contribution in [0.4, 0.5) is 5.82 Å². The van der Waals surface area contributed by atoms with E-state index in [1.807, 2.05) is 0 Å². The van der Waals surface area contributed by atoms with E-state index in [9.17, 15) is 10.4 Å². The van der Waals surface area contributed by atoms with Crippen molar-refractivity contribution >= 4 is 52.0 Å². The molecule has 0 spiro atoms. The predicted molar refractivity (Wildman–Crippen MR) is 120 cm³/mol. The van der Waals surface area contributed by atoms with E-state index in [1.165, 1.54) is 6.33 Å². The van der Waals surface area contributed by atoms with Gasteiger partial charge in [0.15, 0.2) is 0 Å². The Balaban J connectivity index is 1.77. The van der Waals surface area contributed by atoms with Gasteiger partial charge in [0.1, 0.15) is 0 Å². The van der Waals surface area contributed by atoms with E-state index in [-0.39, 0.29) is 24.6 Å². The summed E-state index contributed by atoms with van der Waals surface area (Å²) in [6.45, 7) is 4.19. The molecule has 9 nitrogen and oxygen atoms in total. The summed E-state index contributed by atoms with van der Waals surface area (Å²) in [4.78, 5) is 8.43. The van der Waals surface area contributed by atoms with Gasteiger partial charge < -0.3 is 0 Å². The summed E-state index contributed by atoms with van der Waals surface area (Å²) in [7, 11) is 0. The Bertz CT molecular complexity index is 988. The third-order valence-electron chi connectivity index (χ3n) is 6.11. The van der Waals surface area contributed by atoms with E-state index in [1.54, 1.807) is 4.57 Å². The van der Waals surface area contributed by atoms with Crippen molar-refractivity contribution < 1.29 is 16.0 Å². The number of nitrogens with zero attached hydrogens (tertiary/aromatic N) is 4. The fraction of sp³-hybridized carbons (Fsp3) is 0.650. The molecular weight excluding hydrogens is 573 g/mol. The standard InChI is InChI=1S/C12H10BrN5O4.2C4H9.Sn/c13-9-4(1-14)6-10(15)16-3-17-11(6)18(9)12-8(21)7(20)5(2-19)22-12;2*1-3-4-2;/h3,5,7-8,12,19H,2H2,(H2,15,16,17);2*1,3-4H2,2H3;/q-2;;;+2/t5-,7+,8+,12-;;;/m0.../s1. The van der Waals surface area contributed by atoms with Crippen molar-refractivity contribution in [3.63, 3.8) is 0 Å². The van der Waals surface area contributed by atoms with Crippen molar-refractivity contribution in [1.29, 1.82) is 5.26 Å². The Morgan fingerprint density at radius 1 is 1.23 bits per heavy atom. The number of halogens is 1. The summed E-state index contributed by atoms with van der Waals surface area (Å²) in [5.41, 5.74) is 6.91. The summed E-state index contributed by atoms with van der Waals surface area (Å²) in [6, 6.07) is 2.19. The summed E-state index contributed by atoms with van der Waals surface area (Å²) >= 11 is 0.209. The minimum absolute atomic E-state index is 0.163. The number of unbranched alkanes of at least 4 members (excludes halogenated alkanes) is 2. The van der Waals surface area contributed by atoms with Crippen LogP contribution in [0, 0.1) is 11.3 Å². The van der Waals surface area contributed by atoms with Crippen LogP contribution in [-0.4, -0.2) is 63.8 Å². The van der Waals surface area contributed by atoms with Crippen LogP contribution < -0.4 is 5.73 Å². The van der Waals surface area contributed by atoms with E-state index in [2.05, 4.69) is 45.8 Å². The van der Waals surface area contributed by atoms with Crippen molar-refractivity contribution in [2.24, 2.45) is 0 Å². The summed E-state index contributed by atoms with van der Waals surface area (Å²) in [5, 5.41) is 20.2. The van der Waals surface area contributed by atoms with Gasteiger partial charge in [-0.15, -0.1) is 0 Å². The van der Waals surface area contributed by atoms with Gasteiger partial charge in [-0.3, -0.25) is 0 Å². The molecule has 2 fully saturated rings. The van der Waals surface area contributed by atoms with Crippen LogP contribution in [0.25, 0.3) is 11.0 Å². The third kappa shape index (κ3) is 3.98. The van der Waals surface area contributed by atoms with Gasteiger partial charge >= 0.3 is 196 Å². The first-order valence-corrected chi connectivity index (χ1v) is 18.0. The maximum absolute atomic E-state index is 10.0. The van der Waals surface area contributed by atoms with Crippen molar-refractivity contribution in [2.75, 3.05) is 12.3 Å². The summed E-state index contributed by atoms with van der Waals surface area (Å²) < 4.78 is 24.0. The molecule has 2 aliphatic heterocycles. The predicted octanol–water partition coefficient (Wildman–Crippen LogP) is 3.36. The van der Waals surface area contributed by atoms with E-state index in [0.29, 0.717) is 21.2 Å². The molecule has 0 amide bonds. The molecule has 0 bridgehead atoms. The molecule has 0 saturated carbocycles. The third-order valence-corrected chi connectivity index (χ3v) is 17.3. The average molecular weight is 601 g/mol. The maximum atomic E-state index is 10.0. The number of nitrogen functional groups attached to an aromatic ring is 1. The molecule has 3 N–H and O–H groups in total. The van der Waals surface area contributed by atoms with Crippen molar-refractivity contribution in [1.82, 2.24) is 14.5 Å². The summed E-state index contributed by atoms with van der Waals surface area (Å²) in [6.07, 6.45) is 3.93. The van der Waals surface area contributed by atoms with E-state index in [4.69, 9.17) is 16.6 Å². The number of aliphatic hydroxyl groups is 1. The number of ether oxygens (including phenoxy) is 1. The molecule has 0 radical (unpaired) electrons. The molecule has 31 heavy (non-hydrogen) atoms. The van der Waals surface area contributed by atoms with Crippen molar-refractivity contribution in [3.05, 3.63) is 16.5 Å². The Morgan fingerprint density at radius 3 is 2.52 bits per heavy atom. The molecule has 4 rings (SSSR count). The van der Waals surface area contributed by atoms with Gasteiger partial charge in [0.25, 0.3) is 0 Å². The van der Waals surface area contributed by atoms with Crippen LogP contribution in [0.2, 0.25) is 8.87 Å². The molecule has 168 valence electrons. The monoisotopic (exact) mass is 601 g/mol. The molecule has 2 aromatic heterocycles. The number of aromatic nitrogens is 3. The second-order valence-electron chi connectivity index (χ2n) is 8.14. The van der Waals surface area contributed by atoms with Crippen LogP contribution in [0.1, 0.15) is 51.3 Å². The van der Waals surface area contributed by atoms with E-state index < -0.39 is 31.5 Å². The van der Waals surface area contributed by atoms with Gasteiger partial charge in [-0.1, -0.05) is 0 Å². The second kappa shape index (κ2) is 9.49. The van der Waals surface area contributed by atoms with Crippen molar-refractivity contribution in [2.45, 2.75) is 72.9 Å². The second-order valence-corrected chi connectivity index (χ2v) is 18.3. The molecule has 2 aliphatic rings. The minimum atomic E-state index is -3.34. The van der Waals surface area contributed by atoms with Gasteiger partial charge in [0.05, 0.1) is 0 Å². The van der Waals surface area contributed by atoms with Crippen LogP contribution >= 0.6 is 15.9 Å². The van der Waals surface area contributed by atoms with Gasteiger partial charge in [-0.25, -0.2) is 0 Å². The number of hydrogen-bond donors (Lipinski definition) is 2. The first-order valence-electron chi connectivity index (χ1n) is 10.8. The number of nitrogens with two attached hydrogens (primary N) is 1. The Hall–Kier alpha value is -0.971. The molecule has 2 saturated heterocycles. The molecule has 0 aromatic carbocycles. The van der Waals surface area contributed by atoms with E-state index >= 15 is 0 Å². The fourth-order valence-corrected chi connectivity index (χ4v) is 16.9. The zero-order valence-corrected chi connectivity index (χ0v) is 22.2. The van der Waals surface area contributed by atoms with Gasteiger partial charge in [0, 0.05) is 0 Å². The molecule has 4 atom stereocenters. The van der Waals surface area contributed by atoms with Gasteiger partial charge in [-0.2, -0.15) is 0 Å². The zero-order valence-electron chi connectivity index (χ0n) is 17.8. The average Bonchev–Trinajstić information content (AvgIpc) is 3.39. The number of anilines is 1. The Morgan fingerprint density at radius 2 is 1.90 bits per heavy atom. The Labute approximate surface area is 195 Å². The number of fused-ring (bicyclic) bond motifs is 2.